The van der Waals surface area contributed by atoms with Crippen molar-refractivity contribution >= 4 is 39.0 Å². The first-order valence-corrected chi connectivity index (χ1v) is 9.90. The quantitative estimate of drug-likeness (QED) is 0.842. The Labute approximate surface area is 150 Å². The number of aryl methyl sites for hydroxylation is 1. The predicted molar refractivity (Wildman–Crippen MR) is 96.0 cm³/mol. The topological polar surface area (TPSA) is 101 Å². The van der Waals surface area contributed by atoms with Crippen LogP contribution < -0.4 is 10.6 Å². The van der Waals surface area contributed by atoms with Crippen LogP contribution in [0.1, 0.15) is 22.5 Å². The molecule has 0 radical (unpaired) electrons. The van der Waals surface area contributed by atoms with E-state index >= 15 is 0 Å². The highest BCUT2D eigenvalue weighted by atomic mass is 35.5. The van der Waals surface area contributed by atoms with E-state index in [1.165, 1.54) is 12.3 Å². The van der Waals surface area contributed by atoms with Crippen molar-refractivity contribution in [3.8, 4) is 0 Å². The lowest BCUT2D eigenvalue weighted by molar-refractivity contribution is 0.0936. The van der Waals surface area contributed by atoms with E-state index in [0.717, 1.165) is 5.56 Å². The average molecular weight is 381 g/mol. The van der Waals surface area contributed by atoms with Crippen molar-refractivity contribution in [3.63, 3.8) is 0 Å². The zero-order chi connectivity index (χ0) is 18.0. The Bertz CT molecular complexity index is 917. The number of hydrogen-bond acceptors (Lipinski definition) is 6. The lowest BCUT2D eigenvalue weighted by atomic mass is 10.2. The van der Waals surface area contributed by atoms with E-state index in [0.29, 0.717) is 17.1 Å². The van der Waals surface area contributed by atoms with Gasteiger partial charge in [0.15, 0.2) is 9.84 Å². The highest BCUT2D eigenvalue weighted by Crippen LogP contribution is 2.22. The number of hydrogen-bond donors (Lipinski definition) is 2. The Balaban J connectivity index is 1.70. The van der Waals surface area contributed by atoms with Gasteiger partial charge < -0.3 is 10.6 Å². The van der Waals surface area contributed by atoms with Gasteiger partial charge in [-0.3, -0.25) is 4.79 Å². The number of halogens is 1. The normalized spacial score (nSPS) is 18.7. The molecule has 1 atom stereocenters. The molecule has 0 saturated carbocycles. The first-order valence-electron chi connectivity index (χ1n) is 7.70. The highest BCUT2D eigenvalue weighted by Gasteiger charge is 2.29. The fourth-order valence-electron chi connectivity index (χ4n) is 2.51. The highest BCUT2D eigenvalue weighted by molar-refractivity contribution is 7.91. The molecule has 0 spiro atoms. The molecule has 9 heteroatoms. The standard InChI is InChI=1S/C16H17ClN4O3S/c1-10-2-3-11(8-13(10)17)20-16-18-6-4-14(21-16)15(22)19-12-5-7-25(23,24)9-12/h2-4,6,8,12H,5,7,9H2,1H3,(H,19,22)(H,18,20,21). The van der Waals surface area contributed by atoms with Gasteiger partial charge in [0.2, 0.25) is 5.95 Å². The van der Waals surface area contributed by atoms with Crippen molar-refractivity contribution in [2.45, 2.75) is 19.4 Å². The van der Waals surface area contributed by atoms with Gasteiger partial charge in [0.05, 0.1) is 11.5 Å². The van der Waals surface area contributed by atoms with Crippen molar-refractivity contribution in [1.82, 2.24) is 15.3 Å². The molecule has 2 heterocycles. The van der Waals surface area contributed by atoms with Crippen molar-refractivity contribution in [1.29, 1.82) is 0 Å². The van der Waals surface area contributed by atoms with Crippen molar-refractivity contribution in [2.24, 2.45) is 0 Å². The van der Waals surface area contributed by atoms with Crippen LogP contribution in [0.4, 0.5) is 11.6 Å². The smallest absolute Gasteiger partial charge is 0.270 e. The number of nitrogens with zero attached hydrogens (tertiary/aromatic N) is 2. The van der Waals surface area contributed by atoms with Gasteiger partial charge in [0, 0.05) is 22.9 Å². The van der Waals surface area contributed by atoms with Gasteiger partial charge in [-0.1, -0.05) is 17.7 Å². The fraction of sp³-hybridized carbons (Fsp3) is 0.312. The first kappa shape index (κ1) is 17.6. The van der Waals surface area contributed by atoms with Crippen molar-refractivity contribution in [3.05, 3.63) is 46.7 Å². The largest absolute Gasteiger partial charge is 0.347 e. The zero-order valence-electron chi connectivity index (χ0n) is 13.5. The minimum absolute atomic E-state index is 0.0310. The summed E-state index contributed by atoms with van der Waals surface area (Å²) in [5.41, 5.74) is 1.82. The van der Waals surface area contributed by atoms with E-state index in [1.807, 2.05) is 19.1 Å². The monoisotopic (exact) mass is 380 g/mol. The zero-order valence-corrected chi connectivity index (χ0v) is 15.1. The Morgan fingerprint density at radius 3 is 2.80 bits per heavy atom. The van der Waals surface area contributed by atoms with Crippen LogP contribution in [0.2, 0.25) is 5.02 Å². The maximum absolute atomic E-state index is 12.3. The van der Waals surface area contributed by atoms with Crippen LogP contribution in [-0.2, 0) is 9.84 Å². The summed E-state index contributed by atoms with van der Waals surface area (Å²) < 4.78 is 22.9. The summed E-state index contributed by atoms with van der Waals surface area (Å²) in [7, 11) is -3.05. The number of rotatable bonds is 4. The number of nitrogens with one attached hydrogen (secondary N) is 2. The SMILES string of the molecule is Cc1ccc(Nc2nccc(C(=O)NC3CCS(=O)(=O)C3)n2)cc1Cl. The third-order valence-electron chi connectivity index (χ3n) is 3.88. The van der Waals surface area contributed by atoms with E-state index in [-0.39, 0.29) is 29.2 Å². The van der Waals surface area contributed by atoms with E-state index < -0.39 is 15.7 Å². The van der Waals surface area contributed by atoms with E-state index in [9.17, 15) is 13.2 Å². The number of amides is 1. The van der Waals surface area contributed by atoms with Gasteiger partial charge in [-0.25, -0.2) is 18.4 Å². The summed E-state index contributed by atoms with van der Waals surface area (Å²) in [4.78, 5) is 20.5. The second-order valence-electron chi connectivity index (χ2n) is 5.93. The van der Waals surface area contributed by atoms with Crippen LogP contribution in [0.25, 0.3) is 0 Å². The Morgan fingerprint density at radius 2 is 2.12 bits per heavy atom. The van der Waals surface area contributed by atoms with Crippen LogP contribution in [0.5, 0.6) is 0 Å². The van der Waals surface area contributed by atoms with Crippen LogP contribution >= 0.6 is 11.6 Å². The maximum Gasteiger partial charge on any atom is 0.270 e. The molecule has 132 valence electrons. The molecule has 1 amide bonds. The molecule has 25 heavy (non-hydrogen) atoms. The number of carbonyl (C=O) groups excluding carboxylic acids is 1. The summed E-state index contributed by atoms with van der Waals surface area (Å²) in [6.07, 6.45) is 1.89. The molecule has 1 aromatic heterocycles. The van der Waals surface area contributed by atoms with Gasteiger partial charge >= 0.3 is 0 Å². The molecule has 2 N–H and O–H groups in total. The minimum atomic E-state index is -3.05. The third-order valence-corrected chi connectivity index (χ3v) is 6.06. The second kappa shape index (κ2) is 6.97. The molecule has 1 fully saturated rings. The third kappa shape index (κ3) is 4.46. The molecular weight excluding hydrogens is 364 g/mol. The Kier molecular flexibility index (Phi) is 4.91. The van der Waals surface area contributed by atoms with Crippen molar-refractivity contribution in [2.75, 3.05) is 16.8 Å². The number of aromatic nitrogens is 2. The number of carbonyl (C=O) groups is 1. The summed E-state index contributed by atoms with van der Waals surface area (Å²) in [6.45, 7) is 1.90. The van der Waals surface area contributed by atoms with Crippen molar-refractivity contribution < 1.29 is 13.2 Å². The summed E-state index contributed by atoms with van der Waals surface area (Å²) >= 11 is 6.09. The number of anilines is 2. The molecule has 1 aliphatic heterocycles. The predicted octanol–water partition coefficient (Wildman–Crippen LogP) is 2.10. The number of sulfone groups is 1. The van der Waals surface area contributed by atoms with Gasteiger partial charge in [0.1, 0.15) is 5.69 Å². The molecule has 1 aromatic carbocycles. The number of benzene rings is 1. The summed E-state index contributed by atoms with van der Waals surface area (Å²) in [6, 6.07) is 6.55. The lowest BCUT2D eigenvalue weighted by Gasteiger charge is -2.11. The first-order chi connectivity index (χ1) is 11.8. The van der Waals surface area contributed by atoms with Gasteiger partial charge in [-0.15, -0.1) is 0 Å². The molecule has 7 nitrogen and oxygen atoms in total. The molecule has 2 aromatic rings. The second-order valence-corrected chi connectivity index (χ2v) is 8.56. The molecule has 1 aliphatic rings. The van der Waals surface area contributed by atoms with Gasteiger partial charge in [-0.2, -0.15) is 0 Å². The van der Waals surface area contributed by atoms with E-state index in [1.54, 1.807) is 6.07 Å². The molecule has 3 rings (SSSR count). The van der Waals surface area contributed by atoms with E-state index in [4.69, 9.17) is 11.6 Å². The Hall–Kier alpha value is -2.19. The summed E-state index contributed by atoms with van der Waals surface area (Å²) in [5, 5.41) is 6.30. The average Bonchev–Trinajstić information content (AvgIpc) is 2.90. The van der Waals surface area contributed by atoms with Crippen LogP contribution in [-0.4, -0.2) is 41.8 Å². The maximum atomic E-state index is 12.3. The molecule has 1 saturated heterocycles. The lowest BCUT2D eigenvalue weighted by Crippen LogP contribution is -2.36. The molecule has 0 bridgehead atoms. The molecule has 0 aliphatic carbocycles. The Morgan fingerprint density at radius 1 is 1.32 bits per heavy atom. The van der Waals surface area contributed by atoms with Gasteiger partial charge in [0.25, 0.3) is 5.91 Å². The van der Waals surface area contributed by atoms with E-state index in [2.05, 4.69) is 20.6 Å². The molecular formula is C16H17ClN4O3S. The van der Waals surface area contributed by atoms with Gasteiger partial charge in [-0.05, 0) is 37.1 Å². The summed E-state index contributed by atoms with van der Waals surface area (Å²) in [5.74, 6) is -0.0967. The minimum Gasteiger partial charge on any atom is -0.347 e. The molecule has 1 unspecified atom stereocenters. The fourth-order valence-corrected chi connectivity index (χ4v) is 4.37. The van der Waals surface area contributed by atoms with Crippen LogP contribution in [0, 0.1) is 6.92 Å². The van der Waals surface area contributed by atoms with Crippen LogP contribution in [0.3, 0.4) is 0 Å². The van der Waals surface area contributed by atoms with Crippen LogP contribution in [0.15, 0.2) is 30.5 Å².